The molecule has 0 bridgehead atoms. The Balaban J connectivity index is 1.88. The molecule has 0 aliphatic carbocycles. The average Bonchev–Trinajstić information content (AvgIpc) is 2.88. The van der Waals surface area contributed by atoms with Crippen LogP contribution in [0.3, 0.4) is 0 Å². The van der Waals surface area contributed by atoms with Crippen LogP contribution in [0.1, 0.15) is 15.2 Å². The first kappa shape index (κ1) is 16.7. The number of amides is 1. The molecule has 24 heavy (non-hydrogen) atoms. The maximum atomic E-state index is 13.7. The standard InChI is InChI=1S/C17H11BrF2N2OS/c1-9-15(10-5-7-11(18)8-6-10)21-17(24-9)22-16(23)14-12(19)3-2-4-13(14)20/h2-8H,1H3,(H,21,22,23). The second kappa shape index (κ2) is 6.78. The van der Waals surface area contributed by atoms with Crippen molar-refractivity contribution in [3.05, 3.63) is 69.0 Å². The van der Waals surface area contributed by atoms with Crippen molar-refractivity contribution < 1.29 is 13.6 Å². The number of carbonyl (C=O) groups excluding carboxylic acids is 1. The molecule has 7 heteroatoms. The highest BCUT2D eigenvalue weighted by Crippen LogP contribution is 2.31. The summed E-state index contributed by atoms with van der Waals surface area (Å²) in [6.45, 7) is 1.87. The van der Waals surface area contributed by atoms with Gasteiger partial charge in [0.1, 0.15) is 17.2 Å². The topological polar surface area (TPSA) is 42.0 Å². The van der Waals surface area contributed by atoms with Gasteiger partial charge in [0.15, 0.2) is 5.13 Å². The number of anilines is 1. The molecule has 1 amide bonds. The highest BCUT2D eigenvalue weighted by Gasteiger charge is 2.19. The molecule has 2 aromatic carbocycles. The fourth-order valence-electron chi connectivity index (χ4n) is 2.20. The third kappa shape index (κ3) is 3.37. The largest absolute Gasteiger partial charge is 0.298 e. The van der Waals surface area contributed by atoms with Crippen LogP contribution in [0.2, 0.25) is 0 Å². The molecule has 0 fully saturated rings. The zero-order valence-electron chi connectivity index (χ0n) is 12.4. The van der Waals surface area contributed by atoms with Gasteiger partial charge in [0, 0.05) is 14.9 Å². The number of hydrogen-bond donors (Lipinski definition) is 1. The summed E-state index contributed by atoms with van der Waals surface area (Å²) in [4.78, 5) is 17.4. The highest BCUT2D eigenvalue weighted by molar-refractivity contribution is 9.10. The number of carbonyl (C=O) groups is 1. The molecule has 1 N–H and O–H groups in total. The van der Waals surface area contributed by atoms with Gasteiger partial charge in [-0.15, -0.1) is 11.3 Å². The Morgan fingerprint density at radius 3 is 2.38 bits per heavy atom. The van der Waals surface area contributed by atoms with Crippen LogP contribution in [0.4, 0.5) is 13.9 Å². The first-order valence-corrected chi connectivity index (χ1v) is 8.55. The molecule has 0 aliphatic rings. The first-order chi connectivity index (χ1) is 11.5. The molecule has 0 radical (unpaired) electrons. The van der Waals surface area contributed by atoms with E-state index in [1.54, 1.807) is 0 Å². The molecule has 0 saturated carbocycles. The molecule has 0 atom stereocenters. The van der Waals surface area contributed by atoms with E-state index in [0.717, 1.165) is 32.7 Å². The second-order valence-corrected chi connectivity index (χ2v) is 7.10. The van der Waals surface area contributed by atoms with Crippen LogP contribution in [-0.2, 0) is 0 Å². The molecule has 0 aliphatic heterocycles. The Morgan fingerprint density at radius 2 is 1.75 bits per heavy atom. The van der Waals surface area contributed by atoms with Crippen LogP contribution < -0.4 is 5.32 Å². The molecule has 0 spiro atoms. The van der Waals surface area contributed by atoms with Crippen molar-refractivity contribution in [2.24, 2.45) is 0 Å². The number of aromatic nitrogens is 1. The van der Waals surface area contributed by atoms with Crippen molar-refractivity contribution in [1.29, 1.82) is 0 Å². The molecule has 3 rings (SSSR count). The van der Waals surface area contributed by atoms with Crippen LogP contribution in [0.15, 0.2) is 46.9 Å². The van der Waals surface area contributed by atoms with Gasteiger partial charge in [0.2, 0.25) is 0 Å². The molecular weight excluding hydrogens is 398 g/mol. The van der Waals surface area contributed by atoms with Crippen molar-refractivity contribution >= 4 is 38.3 Å². The van der Waals surface area contributed by atoms with Gasteiger partial charge >= 0.3 is 0 Å². The number of aryl methyl sites for hydroxylation is 1. The van der Waals surface area contributed by atoms with Gasteiger partial charge in [-0.2, -0.15) is 0 Å². The van der Waals surface area contributed by atoms with Crippen molar-refractivity contribution in [1.82, 2.24) is 4.98 Å². The maximum absolute atomic E-state index is 13.7. The van der Waals surface area contributed by atoms with Crippen LogP contribution in [0, 0.1) is 18.6 Å². The lowest BCUT2D eigenvalue weighted by Crippen LogP contribution is -2.15. The van der Waals surface area contributed by atoms with Crippen LogP contribution >= 0.6 is 27.3 Å². The third-order valence-corrected chi connectivity index (χ3v) is 4.74. The van der Waals surface area contributed by atoms with E-state index in [0.29, 0.717) is 0 Å². The van der Waals surface area contributed by atoms with E-state index >= 15 is 0 Å². The minimum Gasteiger partial charge on any atom is -0.298 e. The van der Waals surface area contributed by atoms with E-state index in [-0.39, 0.29) is 5.13 Å². The van der Waals surface area contributed by atoms with Crippen molar-refractivity contribution in [2.75, 3.05) is 5.32 Å². The number of nitrogens with zero attached hydrogens (tertiary/aromatic N) is 1. The summed E-state index contributed by atoms with van der Waals surface area (Å²) < 4.78 is 28.3. The summed E-state index contributed by atoms with van der Waals surface area (Å²) in [5.74, 6) is -2.68. The van der Waals surface area contributed by atoms with E-state index in [1.165, 1.54) is 17.4 Å². The Morgan fingerprint density at radius 1 is 1.12 bits per heavy atom. The number of nitrogens with one attached hydrogen (secondary N) is 1. The number of thiazole rings is 1. The predicted octanol–water partition coefficient (Wildman–Crippen LogP) is 5.41. The molecule has 1 aromatic heterocycles. The minimum absolute atomic E-state index is 0.290. The summed E-state index contributed by atoms with van der Waals surface area (Å²) in [6.07, 6.45) is 0. The summed E-state index contributed by atoms with van der Waals surface area (Å²) in [6, 6.07) is 10.9. The fraction of sp³-hybridized carbons (Fsp3) is 0.0588. The smallest absolute Gasteiger partial charge is 0.263 e. The second-order valence-electron chi connectivity index (χ2n) is 4.98. The highest BCUT2D eigenvalue weighted by atomic mass is 79.9. The summed E-state index contributed by atoms with van der Waals surface area (Å²) in [7, 11) is 0. The molecule has 0 unspecified atom stereocenters. The van der Waals surface area contributed by atoms with Gasteiger partial charge < -0.3 is 0 Å². The van der Waals surface area contributed by atoms with Gasteiger partial charge in [-0.25, -0.2) is 13.8 Å². The Kier molecular flexibility index (Phi) is 4.73. The lowest BCUT2D eigenvalue weighted by molar-refractivity contribution is 0.101. The lowest BCUT2D eigenvalue weighted by atomic mass is 10.1. The molecular formula is C17H11BrF2N2OS. The van der Waals surface area contributed by atoms with E-state index in [1.807, 2.05) is 31.2 Å². The van der Waals surface area contributed by atoms with Gasteiger partial charge in [0.25, 0.3) is 5.91 Å². The van der Waals surface area contributed by atoms with Crippen LogP contribution in [-0.4, -0.2) is 10.9 Å². The number of halogens is 3. The third-order valence-electron chi connectivity index (χ3n) is 3.32. The van der Waals surface area contributed by atoms with E-state index in [4.69, 9.17) is 0 Å². The maximum Gasteiger partial charge on any atom is 0.263 e. The Hall–Kier alpha value is -2.12. The van der Waals surface area contributed by atoms with Crippen molar-refractivity contribution in [3.63, 3.8) is 0 Å². The van der Waals surface area contributed by atoms with Gasteiger partial charge in [-0.05, 0) is 31.2 Å². The zero-order valence-corrected chi connectivity index (χ0v) is 14.8. The van der Waals surface area contributed by atoms with Gasteiger partial charge in [0.05, 0.1) is 5.69 Å². The van der Waals surface area contributed by atoms with E-state index in [9.17, 15) is 13.6 Å². The molecule has 3 aromatic rings. The fourth-order valence-corrected chi connectivity index (χ4v) is 3.30. The van der Waals surface area contributed by atoms with E-state index < -0.39 is 23.1 Å². The SMILES string of the molecule is Cc1sc(NC(=O)c2c(F)cccc2F)nc1-c1ccc(Br)cc1. The number of benzene rings is 2. The number of hydrogen-bond acceptors (Lipinski definition) is 3. The normalized spacial score (nSPS) is 10.7. The molecule has 1 heterocycles. The zero-order chi connectivity index (χ0) is 17.3. The Bertz CT molecular complexity index is 889. The predicted molar refractivity (Wildman–Crippen MR) is 94.3 cm³/mol. The Labute approximate surface area is 149 Å². The molecule has 3 nitrogen and oxygen atoms in total. The van der Waals surface area contributed by atoms with Gasteiger partial charge in [-0.1, -0.05) is 34.1 Å². The molecule has 122 valence electrons. The quantitative estimate of drug-likeness (QED) is 0.629. The summed E-state index contributed by atoms with van der Waals surface area (Å²) in [5.41, 5.74) is 0.997. The van der Waals surface area contributed by atoms with Crippen LogP contribution in [0.5, 0.6) is 0 Å². The van der Waals surface area contributed by atoms with Gasteiger partial charge in [-0.3, -0.25) is 10.1 Å². The van der Waals surface area contributed by atoms with E-state index in [2.05, 4.69) is 26.2 Å². The van der Waals surface area contributed by atoms with Crippen LogP contribution in [0.25, 0.3) is 11.3 Å². The van der Waals surface area contributed by atoms with Crippen molar-refractivity contribution in [3.8, 4) is 11.3 Å². The summed E-state index contributed by atoms with van der Waals surface area (Å²) >= 11 is 4.62. The summed E-state index contributed by atoms with van der Waals surface area (Å²) in [5, 5.41) is 2.75. The van der Waals surface area contributed by atoms with Crippen molar-refractivity contribution in [2.45, 2.75) is 6.92 Å². The lowest BCUT2D eigenvalue weighted by Gasteiger charge is -2.04. The monoisotopic (exact) mass is 408 g/mol. The molecule has 0 saturated heterocycles. The minimum atomic E-state index is -0.908. The average molecular weight is 409 g/mol. The first-order valence-electron chi connectivity index (χ1n) is 6.94. The number of rotatable bonds is 3.